The molecule has 6 rings (SSSR count). The Morgan fingerprint density at radius 1 is 0.686 bits per heavy atom. The molecular formula is C31H21FIrN2-2. The van der Waals surface area contributed by atoms with Crippen LogP contribution < -0.4 is 0 Å². The Labute approximate surface area is 217 Å². The summed E-state index contributed by atoms with van der Waals surface area (Å²) in [6.07, 6.45) is 3.65. The van der Waals surface area contributed by atoms with Crippen LogP contribution >= 0.6 is 0 Å². The Hall–Kier alpha value is -3.72. The van der Waals surface area contributed by atoms with Crippen molar-refractivity contribution in [3.63, 3.8) is 0 Å². The topological polar surface area (TPSA) is 25.8 Å². The van der Waals surface area contributed by atoms with Crippen molar-refractivity contribution in [3.05, 3.63) is 133 Å². The molecule has 0 N–H and O–H groups in total. The van der Waals surface area contributed by atoms with Gasteiger partial charge in [-0.15, -0.1) is 59.7 Å². The monoisotopic (exact) mass is 633 g/mol. The predicted molar refractivity (Wildman–Crippen MR) is 137 cm³/mol. The first kappa shape index (κ1) is 24.4. The van der Waals surface area contributed by atoms with Crippen LogP contribution in [0.5, 0.6) is 0 Å². The van der Waals surface area contributed by atoms with E-state index in [9.17, 15) is 4.39 Å². The molecule has 0 aliphatic rings. The molecule has 4 heteroatoms. The van der Waals surface area contributed by atoms with Gasteiger partial charge in [0.25, 0.3) is 0 Å². The fourth-order valence-electron chi connectivity index (χ4n) is 3.85. The molecule has 0 amide bonds. The van der Waals surface area contributed by atoms with E-state index in [1.807, 2.05) is 60.8 Å². The second kappa shape index (κ2) is 11.1. The van der Waals surface area contributed by atoms with Gasteiger partial charge in [-0.1, -0.05) is 67.1 Å². The van der Waals surface area contributed by atoms with E-state index >= 15 is 0 Å². The van der Waals surface area contributed by atoms with Gasteiger partial charge in [0.2, 0.25) is 0 Å². The molecule has 0 unspecified atom stereocenters. The summed E-state index contributed by atoms with van der Waals surface area (Å²) in [6.45, 7) is 1.75. The minimum Gasteiger partial charge on any atom is -0.305 e. The summed E-state index contributed by atoms with van der Waals surface area (Å²) in [5.41, 5.74) is 4.24. The third-order valence-electron chi connectivity index (χ3n) is 5.65. The fourth-order valence-corrected chi connectivity index (χ4v) is 3.85. The minimum atomic E-state index is -0.241. The first-order chi connectivity index (χ1) is 16.7. The molecule has 4 aromatic carbocycles. The number of aryl methyl sites for hydroxylation is 1. The number of hydrogen-bond donors (Lipinski definition) is 0. The number of benzene rings is 4. The summed E-state index contributed by atoms with van der Waals surface area (Å²) in [6, 6.07) is 37.5. The molecule has 2 aromatic heterocycles. The molecule has 0 saturated carbocycles. The average Bonchev–Trinajstić information content (AvgIpc) is 2.91. The van der Waals surface area contributed by atoms with Crippen molar-refractivity contribution in [1.82, 2.24) is 9.97 Å². The smallest absolute Gasteiger partial charge is 0.0408 e. The van der Waals surface area contributed by atoms with Crippen LogP contribution in [0.1, 0.15) is 5.56 Å². The molecule has 1 radical (unpaired) electrons. The van der Waals surface area contributed by atoms with E-state index in [0.717, 1.165) is 33.3 Å². The van der Waals surface area contributed by atoms with Crippen LogP contribution in [-0.4, -0.2) is 9.97 Å². The largest absolute Gasteiger partial charge is 0.305 e. The van der Waals surface area contributed by atoms with Crippen molar-refractivity contribution in [3.8, 4) is 22.5 Å². The zero-order valence-corrected chi connectivity index (χ0v) is 21.4. The molecule has 6 aromatic rings. The Morgan fingerprint density at radius 2 is 1.49 bits per heavy atom. The van der Waals surface area contributed by atoms with Crippen LogP contribution in [0.2, 0.25) is 0 Å². The average molecular weight is 633 g/mol. The van der Waals surface area contributed by atoms with Crippen molar-refractivity contribution < 1.29 is 24.5 Å². The van der Waals surface area contributed by atoms with Gasteiger partial charge in [0, 0.05) is 38.3 Å². The normalized spacial score (nSPS) is 10.3. The quantitative estimate of drug-likeness (QED) is 0.144. The molecule has 0 spiro atoms. The van der Waals surface area contributed by atoms with Crippen LogP contribution in [0.4, 0.5) is 4.39 Å². The SMILES string of the molecule is Cc1cc(-c2cc3c(ccc4ccccc43)cn2)[c-]cc1F.[Ir].[c-]1ccccc1-c1ccccn1. The van der Waals surface area contributed by atoms with Gasteiger partial charge in [-0.2, -0.15) is 0 Å². The zero-order chi connectivity index (χ0) is 23.3. The van der Waals surface area contributed by atoms with Crippen molar-refractivity contribution in [2.45, 2.75) is 6.92 Å². The molecule has 0 atom stereocenters. The molecule has 0 bridgehead atoms. The van der Waals surface area contributed by atoms with Crippen molar-refractivity contribution in [1.29, 1.82) is 0 Å². The van der Waals surface area contributed by atoms with Crippen molar-refractivity contribution >= 4 is 21.5 Å². The number of nitrogens with zero attached hydrogens (tertiary/aromatic N) is 2. The molecule has 173 valence electrons. The van der Waals surface area contributed by atoms with Crippen LogP contribution in [0, 0.1) is 24.9 Å². The van der Waals surface area contributed by atoms with E-state index in [4.69, 9.17) is 0 Å². The summed E-state index contributed by atoms with van der Waals surface area (Å²) in [5.74, 6) is -0.241. The van der Waals surface area contributed by atoms with Crippen molar-refractivity contribution in [2.75, 3.05) is 0 Å². The van der Waals surface area contributed by atoms with Crippen molar-refractivity contribution in [2.24, 2.45) is 0 Å². The molecular weight excluding hydrogens is 612 g/mol. The van der Waals surface area contributed by atoms with Gasteiger partial charge in [-0.3, -0.25) is 4.39 Å². The van der Waals surface area contributed by atoms with E-state index < -0.39 is 0 Å². The number of aromatic nitrogens is 2. The third kappa shape index (κ3) is 5.51. The van der Waals surface area contributed by atoms with Gasteiger partial charge in [-0.05, 0) is 39.0 Å². The number of hydrogen-bond acceptors (Lipinski definition) is 2. The van der Waals surface area contributed by atoms with Gasteiger partial charge >= 0.3 is 0 Å². The van der Waals surface area contributed by atoms with Gasteiger partial charge in [0.15, 0.2) is 0 Å². The fraction of sp³-hybridized carbons (Fsp3) is 0.0323. The summed E-state index contributed by atoms with van der Waals surface area (Å²) < 4.78 is 13.4. The zero-order valence-electron chi connectivity index (χ0n) is 19.0. The van der Waals surface area contributed by atoms with E-state index in [1.165, 1.54) is 16.8 Å². The van der Waals surface area contributed by atoms with E-state index in [0.29, 0.717) is 5.56 Å². The van der Waals surface area contributed by atoms with Gasteiger partial charge in [-0.25, -0.2) is 0 Å². The Kier molecular flexibility index (Phi) is 7.77. The predicted octanol–water partition coefficient (Wildman–Crippen LogP) is 7.85. The molecule has 35 heavy (non-hydrogen) atoms. The Balaban J connectivity index is 0.000000189. The standard InChI is InChI=1S/C20H13FN.C11H8N.Ir/c1-13-10-15(8-9-19(13)21)20-11-18-16(12-22-20)7-6-14-4-2-3-5-17(14)18;1-2-6-10(7-3-1)11-8-4-5-9-12-11;/h2-7,9-12H,1H3;1-6,8-9H;/q2*-1;. The summed E-state index contributed by atoms with van der Waals surface area (Å²) in [5, 5.41) is 4.65. The van der Waals surface area contributed by atoms with E-state index in [2.05, 4.69) is 52.4 Å². The number of fused-ring (bicyclic) bond motifs is 3. The number of halogens is 1. The summed E-state index contributed by atoms with van der Waals surface area (Å²) in [4.78, 5) is 8.72. The summed E-state index contributed by atoms with van der Waals surface area (Å²) >= 11 is 0. The minimum absolute atomic E-state index is 0. The van der Waals surface area contributed by atoms with Crippen LogP contribution in [0.15, 0.2) is 109 Å². The maximum Gasteiger partial charge on any atom is 0.0408 e. The van der Waals surface area contributed by atoms with E-state index in [1.54, 1.807) is 19.2 Å². The maximum atomic E-state index is 13.4. The molecule has 0 aliphatic carbocycles. The molecule has 0 saturated heterocycles. The van der Waals surface area contributed by atoms with Gasteiger partial charge in [0.1, 0.15) is 0 Å². The van der Waals surface area contributed by atoms with E-state index in [-0.39, 0.29) is 25.9 Å². The second-order valence-electron chi connectivity index (χ2n) is 7.95. The Morgan fingerprint density at radius 3 is 2.26 bits per heavy atom. The molecule has 2 heterocycles. The molecule has 0 fully saturated rings. The summed E-state index contributed by atoms with van der Waals surface area (Å²) in [7, 11) is 0. The molecule has 0 aliphatic heterocycles. The second-order valence-corrected chi connectivity index (χ2v) is 7.95. The molecule has 2 nitrogen and oxygen atoms in total. The van der Waals surface area contributed by atoms with Gasteiger partial charge in [0.05, 0.1) is 0 Å². The van der Waals surface area contributed by atoms with Crippen LogP contribution in [0.3, 0.4) is 0 Å². The number of pyridine rings is 2. The van der Waals surface area contributed by atoms with Crippen LogP contribution in [-0.2, 0) is 20.1 Å². The van der Waals surface area contributed by atoms with Crippen LogP contribution in [0.25, 0.3) is 44.1 Å². The first-order valence-corrected chi connectivity index (χ1v) is 11.0. The number of rotatable bonds is 2. The van der Waals surface area contributed by atoms with Gasteiger partial charge < -0.3 is 9.97 Å². The Bertz CT molecular complexity index is 1530. The maximum absolute atomic E-state index is 13.4. The first-order valence-electron chi connectivity index (χ1n) is 11.0. The third-order valence-corrected chi connectivity index (χ3v) is 5.65.